The second-order valence-corrected chi connectivity index (χ2v) is 9.05. The van der Waals surface area contributed by atoms with Gasteiger partial charge in [0.1, 0.15) is 17.4 Å². The van der Waals surface area contributed by atoms with Gasteiger partial charge in [-0.3, -0.25) is 14.4 Å². The number of ketones is 1. The molecule has 3 aliphatic carbocycles. The van der Waals surface area contributed by atoms with Crippen molar-refractivity contribution in [2.45, 2.75) is 24.8 Å². The minimum Gasteiger partial charge on any atom is -0.484 e. The summed E-state index contributed by atoms with van der Waals surface area (Å²) < 4.78 is 32.2. The quantitative estimate of drug-likeness (QED) is 0.562. The van der Waals surface area contributed by atoms with E-state index in [1.807, 2.05) is 0 Å². The molecule has 2 bridgehead atoms. The van der Waals surface area contributed by atoms with Gasteiger partial charge in [-0.15, -0.1) is 0 Å². The predicted octanol–water partition coefficient (Wildman–Crippen LogP) is 3.69. The fraction of sp³-hybridized carbons (Fsp3) is 0.318. The number of rotatable bonds is 8. The molecule has 0 atom stereocenters. The number of Topliss-reactive ketones (excluding diaryl/α,β-unsaturated/α-hetero) is 1. The molecular formula is C22H18Cl2F2N2O4. The summed E-state index contributed by atoms with van der Waals surface area (Å²) >= 11 is 11.2. The highest BCUT2D eigenvalue weighted by molar-refractivity contribution is 6.31. The molecule has 2 aromatic rings. The average molecular weight is 483 g/mol. The molecule has 168 valence electrons. The van der Waals surface area contributed by atoms with Gasteiger partial charge in [0.05, 0.1) is 22.0 Å². The molecule has 2 N–H and O–H groups in total. The Morgan fingerprint density at radius 2 is 1.59 bits per heavy atom. The number of carbonyl (C=O) groups excluding carboxylic acids is 3. The van der Waals surface area contributed by atoms with Crippen LogP contribution in [0.3, 0.4) is 0 Å². The van der Waals surface area contributed by atoms with Gasteiger partial charge in [0.15, 0.2) is 12.4 Å². The molecule has 0 aromatic heterocycles. The van der Waals surface area contributed by atoms with Crippen LogP contribution in [-0.2, 0) is 9.59 Å². The zero-order valence-corrected chi connectivity index (χ0v) is 18.2. The van der Waals surface area contributed by atoms with Gasteiger partial charge in [0.25, 0.3) is 5.91 Å². The SMILES string of the molecule is O=C(COc1ccc(Cl)c(F)c1)NC12CC(C(=O)NCC(=O)c3ccc(Cl)c(F)c3)(C1)C2. The van der Waals surface area contributed by atoms with E-state index in [1.165, 1.54) is 24.3 Å². The molecule has 3 saturated carbocycles. The Balaban J connectivity index is 1.21. The van der Waals surface area contributed by atoms with E-state index in [1.54, 1.807) is 0 Å². The Hall–Kier alpha value is -2.71. The average Bonchev–Trinajstić information content (AvgIpc) is 2.70. The zero-order valence-electron chi connectivity index (χ0n) is 16.6. The lowest BCUT2D eigenvalue weighted by Crippen LogP contribution is -2.78. The first kappa shape index (κ1) is 22.5. The molecule has 2 aromatic carbocycles. The smallest absolute Gasteiger partial charge is 0.258 e. The first-order chi connectivity index (χ1) is 15.1. The topological polar surface area (TPSA) is 84.5 Å². The number of amides is 2. The van der Waals surface area contributed by atoms with Gasteiger partial charge in [-0.05, 0) is 49.6 Å². The summed E-state index contributed by atoms with van der Waals surface area (Å²) in [4.78, 5) is 36.8. The normalized spacial score (nSPS) is 22.9. The molecule has 5 rings (SSSR count). The molecule has 0 heterocycles. The number of nitrogens with one attached hydrogen (secondary N) is 2. The maximum Gasteiger partial charge on any atom is 0.258 e. The highest BCUT2D eigenvalue weighted by atomic mass is 35.5. The molecule has 6 nitrogen and oxygen atoms in total. The van der Waals surface area contributed by atoms with Crippen LogP contribution in [0.1, 0.15) is 29.6 Å². The minimum atomic E-state index is -0.703. The summed E-state index contributed by atoms with van der Waals surface area (Å²) in [5.41, 5.74) is -0.959. The summed E-state index contributed by atoms with van der Waals surface area (Å²) in [5.74, 6) is -2.25. The molecule has 0 unspecified atom stereocenters. The van der Waals surface area contributed by atoms with Gasteiger partial charge in [0, 0.05) is 17.2 Å². The number of hydrogen-bond acceptors (Lipinski definition) is 4. The third-order valence-electron chi connectivity index (χ3n) is 5.83. The van der Waals surface area contributed by atoms with Crippen molar-refractivity contribution in [2.75, 3.05) is 13.2 Å². The third kappa shape index (κ3) is 4.29. The number of halogens is 4. The van der Waals surface area contributed by atoms with E-state index in [2.05, 4.69) is 10.6 Å². The first-order valence-corrected chi connectivity index (χ1v) is 10.5. The van der Waals surface area contributed by atoms with Crippen LogP contribution in [0.2, 0.25) is 10.0 Å². The third-order valence-corrected chi connectivity index (χ3v) is 6.44. The molecule has 0 aliphatic heterocycles. The fourth-order valence-electron chi connectivity index (χ4n) is 4.33. The highest BCUT2D eigenvalue weighted by Crippen LogP contribution is 2.67. The van der Waals surface area contributed by atoms with E-state index in [4.69, 9.17) is 27.9 Å². The van der Waals surface area contributed by atoms with Crippen LogP contribution < -0.4 is 15.4 Å². The van der Waals surface area contributed by atoms with Crippen LogP contribution in [0.25, 0.3) is 0 Å². The van der Waals surface area contributed by atoms with Gasteiger partial charge in [-0.2, -0.15) is 0 Å². The van der Waals surface area contributed by atoms with E-state index in [0.29, 0.717) is 19.3 Å². The lowest BCUT2D eigenvalue weighted by molar-refractivity contribution is -0.183. The van der Waals surface area contributed by atoms with Gasteiger partial charge < -0.3 is 15.4 Å². The summed E-state index contributed by atoms with van der Waals surface area (Å²) in [7, 11) is 0. The van der Waals surface area contributed by atoms with Crippen LogP contribution in [0.5, 0.6) is 5.75 Å². The number of hydrogen-bond donors (Lipinski definition) is 2. The Bertz CT molecular complexity index is 1110. The molecule has 0 radical (unpaired) electrons. The number of carbonyl (C=O) groups is 3. The van der Waals surface area contributed by atoms with E-state index >= 15 is 0 Å². The van der Waals surface area contributed by atoms with Gasteiger partial charge in [-0.1, -0.05) is 23.2 Å². The molecule has 0 saturated heterocycles. The highest BCUT2D eigenvalue weighted by Gasteiger charge is 2.72. The van der Waals surface area contributed by atoms with Crippen LogP contribution in [0.15, 0.2) is 36.4 Å². The summed E-state index contributed by atoms with van der Waals surface area (Å²) in [6.07, 6.45) is 1.37. The molecule has 0 spiro atoms. The van der Waals surface area contributed by atoms with Crippen molar-refractivity contribution < 1.29 is 27.9 Å². The van der Waals surface area contributed by atoms with Gasteiger partial charge >= 0.3 is 0 Å². The largest absolute Gasteiger partial charge is 0.484 e. The summed E-state index contributed by atoms with van der Waals surface area (Å²) in [6, 6.07) is 7.59. The van der Waals surface area contributed by atoms with Crippen molar-refractivity contribution >= 4 is 40.8 Å². The van der Waals surface area contributed by atoms with Crippen molar-refractivity contribution in [3.63, 3.8) is 0 Å². The second-order valence-electron chi connectivity index (χ2n) is 8.24. The lowest BCUT2D eigenvalue weighted by Gasteiger charge is -2.69. The lowest BCUT2D eigenvalue weighted by atomic mass is 9.39. The van der Waals surface area contributed by atoms with Gasteiger partial charge in [-0.25, -0.2) is 8.78 Å². The van der Waals surface area contributed by atoms with Crippen molar-refractivity contribution in [3.05, 3.63) is 63.6 Å². The van der Waals surface area contributed by atoms with E-state index in [9.17, 15) is 23.2 Å². The Morgan fingerprint density at radius 3 is 2.22 bits per heavy atom. The van der Waals surface area contributed by atoms with E-state index < -0.39 is 28.4 Å². The van der Waals surface area contributed by atoms with Gasteiger partial charge in [0.2, 0.25) is 5.91 Å². The number of ether oxygens (including phenoxy) is 1. The van der Waals surface area contributed by atoms with Crippen LogP contribution >= 0.6 is 23.2 Å². The van der Waals surface area contributed by atoms with Crippen molar-refractivity contribution in [3.8, 4) is 5.75 Å². The fourth-order valence-corrected chi connectivity index (χ4v) is 4.56. The minimum absolute atomic E-state index is 0.0405. The number of benzene rings is 2. The maximum atomic E-state index is 13.5. The van der Waals surface area contributed by atoms with Crippen LogP contribution in [0, 0.1) is 17.0 Å². The first-order valence-electron chi connectivity index (χ1n) is 9.77. The Labute approximate surface area is 192 Å². The Morgan fingerprint density at radius 1 is 0.969 bits per heavy atom. The van der Waals surface area contributed by atoms with Crippen molar-refractivity contribution in [1.29, 1.82) is 0 Å². The van der Waals surface area contributed by atoms with E-state index in [0.717, 1.165) is 12.1 Å². The van der Waals surface area contributed by atoms with Crippen molar-refractivity contribution in [1.82, 2.24) is 10.6 Å². The zero-order chi connectivity index (χ0) is 23.1. The second kappa shape index (κ2) is 8.33. The van der Waals surface area contributed by atoms with E-state index in [-0.39, 0.29) is 46.3 Å². The van der Waals surface area contributed by atoms with Crippen LogP contribution in [-0.4, -0.2) is 36.3 Å². The van der Waals surface area contributed by atoms with Crippen LogP contribution in [0.4, 0.5) is 8.78 Å². The molecule has 10 heteroatoms. The van der Waals surface area contributed by atoms with Crippen molar-refractivity contribution in [2.24, 2.45) is 5.41 Å². The summed E-state index contributed by atoms with van der Waals surface area (Å²) in [5, 5.41) is 5.32. The predicted molar refractivity (Wildman–Crippen MR) is 113 cm³/mol. The monoisotopic (exact) mass is 482 g/mol. The molecule has 32 heavy (non-hydrogen) atoms. The molecule has 3 fully saturated rings. The maximum absolute atomic E-state index is 13.5. The molecule has 3 aliphatic rings. The molecular weight excluding hydrogens is 465 g/mol. The summed E-state index contributed by atoms with van der Waals surface area (Å²) in [6.45, 7) is -0.555. The Kier molecular flexibility index (Phi) is 5.85. The standard InChI is InChI=1S/C22H18Cl2F2N2O4/c23-14-3-1-12(5-16(14)25)18(29)7-27-20(31)21-9-22(10-21,11-21)28-19(30)8-32-13-2-4-15(24)17(26)6-13/h1-6H,7-11H2,(H,27,31)(H,28,30). The molecule has 2 amide bonds.